The van der Waals surface area contributed by atoms with Gasteiger partial charge in [0.1, 0.15) is 10.7 Å². The number of thiophene rings is 1. The van der Waals surface area contributed by atoms with Gasteiger partial charge in [0.15, 0.2) is 0 Å². The second-order valence-electron chi connectivity index (χ2n) is 6.64. The minimum atomic E-state index is -4.18. The molecule has 29 heavy (non-hydrogen) atoms. The van der Waals surface area contributed by atoms with Gasteiger partial charge in [-0.1, -0.05) is 48.0 Å². The summed E-state index contributed by atoms with van der Waals surface area (Å²) < 4.78 is 41.0. The van der Waals surface area contributed by atoms with Crippen LogP contribution in [0.15, 0.2) is 70.9 Å². The maximum absolute atomic E-state index is 13.9. The second-order valence-corrected chi connectivity index (χ2v) is 9.30. The first-order chi connectivity index (χ1) is 13.8. The van der Waals surface area contributed by atoms with Crippen molar-refractivity contribution in [3.8, 4) is 0 Å². The Morgan fingerprint density at radius 2 is 1.72 bits per heavy atom. The molecule has 1 heterocycles. The van der Waals surface area contributed by atoms with Crippen molar-refractivity contribution in [2.24, 2.45) is 0 Å². The van der Waals surface area contributed by atoms with Gasteiger partial charge in [-0.3, -0.25) is 4.79 Å². The predicted molar refractivity (Wildman–Crippen MR) is 112 cm³/mol. The van der Waals surface area contributed by atoms with Gasteiger partial charge in [-0.05, 0) is 43.0 Å². The standard InChI is InChI=1S/C21H21FN2O3S2/c1-14-9-11-16(12-10-14)20(18-7-5-13-28-18)23-21(25)15(2)24-29(26,27)19-8-4-3-6-17(19)22/h3-13,15,20,24H,1-2H3,(H,23,25)/t15-,20-/m0/s1. The Hall–Kier alpha value is -2.55. The van der Waals surface area contributed by atoms with Crippen LogP contribution >= 0.6 is 11.3 Å². The minimum Gasteiger partial charge on any atom is -0.343 e. The Morgan fingerprint density at radius 1 is 1.03 bits per heavy atom. The first-order valence-electron chi connectivity index (χ1n) is 8.95. The third-order valence-corrected chi connectivity index (χ3v) is 6.89. The molecule has 2 aromatic carbocycles. The molecule has 152 valence electrons. The van der Waals surface area contributed by atoms with Gasteiger partial charge in [-0.25, -0.2) is 12.8 Å². The Balaban J connectivity index is 1.79. The lowest BCUT2D eigenvalue weighted by atomic mass is 10.0. The van der Waals surface area contributed by atoms with Crippen LogP contribution in [0.5, 0.6) is 0 Å². The zero-order valence-corrected chi connectivity index (χ0v) is 17.6. The Bertz CT molecular complexity index is 1080. The van der Waals surface area contributed by atoms with Crippen molar-refractivity contribution in [1.82, 2.24) is 10.0 Å². The SMILES string of the molecule is Cc1ccc([C@H](NC(=O)[C@H](C)NS(=O)(=O)c2ccccc2F)c2cccs2)cc1. The van der Waals surface area contributed by atoms with Crippen LogP contribution in [0.3, 0.4) is 0 Å². The van der Waals surface area contributed by atoms with Gasteiger partial charge in [0, 0.05) is 4.88 Å². The molecule has 0 fully saturated rings. The van der Waals surface area contributed by atoms with E-state index in [0.29, 0.717) is 0 Å². The molecule has 0 aliphatic carbocycles. The van der Waals surface area contributed by atoms with E-state index in [2.05, 4.69) is 10.0 Å². The maximum Gasteiger partial charge on any atom is 0.244 e. The predicted octanol–water partition coefficient (Wildman–Crippen LogP) is 3.77. The van der Waals surface area contributed by atoms with Crippen molar-refractivity contribution >= 4 is 27.3 Å². The van der Waals surface area contributed by atoms with E-state index in [1.165, 1.54) is 30.4 Å². The summed E-state index contributed by atoms with van der Waals surface area (Å²) in [6.07, 6.45) is 0. The van der Waals surface area contributed by atoms with Crippen molar-refractivity contribution < 1.29 is 17.6 Å². The summed E-state index contributed by atoms with van der Waals surface area (Å²) in [5, 5.41) is 4.80. The minimum absolute atomic E-state index is 0.413. The molecule has 5 nitrogen and oxygen atoms in total. The molecule has 0 aliphatic heterocycles. The number of benzene rings is 2. The lowest BCUT2D eigenvalue weighted by Gasteiger charge is -2.21. The maximum atomic E-state index is 13.9. The number of hydrogen-bond donors (Lipinski definition) is 2. The van der Waals surface area contributed by atoms with Gasteiger partial charge in [0.25, 0.3) is 0 Å². The molecule has 0 saturated carbocycles. The monoisotopic (exact) mass is 432 g/mol. The molecule has 0 saturated heterocycles. The largest absolute Gasteiger partial charge is 0.343 e. The third kappa shape index (κ3) is 5.09. The van der Waals surface area contributed by atoms with E-state index in [4.69, 9.17) is 0 Å². The Kier molecular flexibility index (Phi) is 6.46. The number of nitrogens with one attached hydrogen (secondary N) is 2. The average molecular weight is 433 g/mol. The van der Waals surface area contributed by atoms with Crippen LogP contribution in [-0.4, -0.2) is 20.4 Å². The first-order valence-corrected chi connectivity index (χ1v) is 11.3. The molecule has 0 bridgehead atoms. The van der Waals surface area contributed by atoms with Gasteiger partial charge in [0.05, 0.1) is 12.1 Å². The highest BCUT2D eigenvalue weighted by Gasteiger charge is 2.27. The van der Waals surface area contributed by atoms with Crippen LogP contribution in [-0.2, 0) is 14.8 Å². The van der Waals surface area contributed by atoms with Crippen LogP contribution in [0.4, 0.5) is 4.39 Å². The Labute approximate surface area is 173 Å². The highest BCUT2D eigenvalue weighted by atomic mass is 32.2. The zero-order valence-electron chi connectivity index (χ0n) is 15.9. The van der Waals surface area contributed by atoms with Crippen molar-refractivity contribution in [2.45, 2.75) is 30.8 Å². The van der Waals surface area contributed by atoms with E-state index in [-0.39, 0.29) is 0 Å². The molecule has 8 heteroatoms. The lowest BCUT2D eigenvalue weighted by molar-refractivity contribution is -0.122. The molecule has 3 rings (SSSR count). The molecule has 0 unspecified atom stereocenters. The highest BCUT2D eigenvalue weighted by Crippen LogP contribution is 2.26. The van der Waals surface area contributed by atoms with E-state index in [9.17, 15) is 17.6 Å². The van der Waals surface area contributed by atoms with E-state index < -0.39 is 38.7 Å². The molecule has 1 aromatic heterocycles. The van der Waals surface area contributed by atoms with Crippen LogP contribution < -0.4 is 10.0 Å². The van der Waals surface area contributed by atoms with Crippen LogP contribution in [0.1, 0.15) is 29.0 Å². The highest BCUT2D eigenvalue weighted by molar-refractivity contribution is 7.89. The van der Waals surface area contributed by atoms with Crippen molar-refractivity contribution in [2.75, 3.05) is 0 Å². The van der Waals surface area contributed by atoms with Crippen LogP contribution in [0.25, 0.3) is 0 Å². The summed E-state index contributed by atoms with van der Waals surface area (Å²) in [6.45, 7) is 3.40. The van der Waals surface area contributed by atoms with Gasteiger partial charge in [-0.2, -0.15) is 4.72 Å². The van der Waals surface area contributed by atoms with Crippen LogP contribution in [0.2, 0.25) is 0 Å². The summed E-state index contributed by atoms with van der Waals surface area (Å²) in [5.74, 6) is -1.38. The quantitative estimate of drug-likeness (QED) is 0.597. The van der Waals surface area contributed by atoms with Crippen molar-refractivity contribution in [3.63, 3.8) is 0 Å². The molecule has 0 spiro atoms. The lowest BCUT2D eigenvalue weighted by Crippen LogP contribution is -2.46. The molecule has 3 aromatic rings. The fourth-order valence-corrected chi connectivity index (χ4v) is 4.90. The molecule has 1 amide bonds. The van der Waals surface area contributed by atoms with E-state index in [1.54, 1.807) is 0 Å². The number of carbonyl (C=O) groups excluding carboxylic acids is 1. The summed E-state index contributed by atoms with van der Waals surface area (Å²) in [7, 11) is -4.18. The number of sulfonamides is 1. The molecule has 2 atom stereocenters. The van der Waals surface area contributed by atoms with Crippen LogP contribution in [0, 0.1) is 12.7 Å². The zero-order chi connectivity index (χ0) is 21.0. The number of aryl methyl sites for hydroxylation is 1. The van der Waals surface area contributed by atoms with Gasteiger partial charge < -0.3 is 5.32 Å². The van der Waals surface area contributed by atoms with Gasteiger partial charge in [0.2, 0.25) is 15.9 Å². The van der Waals surface area contributed by atoms with Gasteiger partial charge in [-0.15, -0.1) is 11.3 Å². The Morgan fingerprint density at radius 3 is 2.34 bits per heavy atom. The molecule has 0 aliphatic rings. The molecule has 0 radical (unpaired) electrons. The van der Waals surface area contributed by atoms with Crippen molar-refractivity contribution in [3.05, 3.63) is 87.9 Å². The smallest absolute Gasteiger partial charge is 0.244 e. The van der Waals surface area contributed by atoms with E-state index in [1.807, 2.05) is 48.7 Å². The fourth-order valence-electron chi connectivity index (χ4n) is 2.81. The number of carbonyl (C=O) groups is 1. The topological polar surface area (TPSA) is 75.3 Å². The number of rotatable bonds is 7. The average Bonchev–Trinajstić information content (AvgIpc) is 3.21. The third-order valence-electron chi connectivity index (χ3n) is 4.38. The molecular formula is C21H21FN2O3S2. The summed E-state index contributed by atoms with van der Waals surface area (Å²) in [6, 6.07) is 15.1. The molecular weight excluding hydrogens is 411 g/mol. The van der Waals surface area contributed by atoms with Gasteiger partial charge >= 0.3 is 0 Å². The first kappa shape index (κ1) is 21.2. The summed E-state index contributed by atoms with van der Waals surface area (Å²) in [5.41, 5.74) is 1.98. The van der Waals surface area contributed by atoms with Crippen molar-refractivity contribution in [1.29, 1.82) is 0 Å². The normalized spacial score (nSPS) is 13.6. The van der Waals surface area contributed by atoms with E-state index in [0.717, 1.165) is 28.1 Å². The number of amides is 1. The summed E-state index contributed by atoms with van der Waals surface area (Å²) >= 11 is 1.49. The van der Waals surface area contributed by atoms with E-state index >= 15 is 0 Å². The molecule has 2 N–H and O–H groups in total. The number of halogens is 1. The number of hydrogen-bond acceptors (Lipinski definition) is 4. The second kappa shape index (κ2) is 8.86. The fraction of sp³-hybridized carbons (Fsp3) is 0.190. The summed E-state index contributed by atoms with van der Waals surface area (Å²) in [4.78, 5) is 13.2.